The molecule has 4 aromatic heterocycles. The average molecular weight is 971 g/mol. The lowest BCUT2D eigenvalue weighted by Gasteiger charge is -2.25. The van der Waals surface area contributed by atoms with Crippen molar-refractivity contribution < 1.29 is 0 Å². The molecule has 76 heavy (non-hydrogen) atoms. The van der Waals surface area contributed by atoms with Crippen LogP contribution in [0.25, 0.3) is 116 Å². The van der Waals surface area contributed by atoms with E-state index < -0.39 is 0 Å². The molecule has 0 saturated carbocycles. The van der Waals surface area contributed by atoms with Crippen LogP contribution in [0.3, 0.4) is 0 Å². The molecule has 0 atom stereocenters. The first-order valence-electron chi connectivity index (χ1n) is 25.8. The lowest BCUT2D eigenvalue weighted by molar-refractivity contribution is 0.995. The van der Waals surface area contributed by atoms with E-state index in [9.17, 15) is 0 Å². The lowest BCUT2D eigenvalue weighted by Crippen LogP contribution is -2.09. The number of anilines is 3. The number of nitrogens with zero attached hydrogens (tertiary/aromatic N) is 6. The summed E-state index contributed by atoms with van der Waals surface area (Å²) in [5.74, 6) is 0.613. The standard InChI is InChI=1S/C70H46N6/c1-5-20-47(21-6-1)62-46-63(50-22-19-29-54(42-50)75-65-34-17-14-32-58(65)61-45-55(38-41-68(61)75)73(51-23-7-2-8-24-51)52-25-9-3-10-26-52)72-70(71-62)76-66-35-18-15-31-57(66)60-44-49(37-40-69(60)76)48-36-39-67-59(43-48)56-30-13-16-33-64(56)74(67)53-27-11-4-12-28-53/h1-46H. The monoisotopic (exact) mass is 970 g/mol. The van der Waals surface area contributed by atoms with Gasteiger partial charge in [0.05, 0.1) is 44.5 Å². The Morgan fingerprint density at radius 2 is 0.645 bits per heavy atom. The molecule has 0 aliphatic rings. The molecule has 0 spiro atoms. The van der Waals surface area contributed by atoms with Crippen molar-refractivity contribution in [2.75, 3.05) is 4.90 Å². The summed E-state index contributed by atoms with van der Waals surface area (Å²) < 4.78 is 6.99. The van der Waals surface area contributed by atoms with E-state index in [-0.39, 0.29) is 0 Å². The number of aromatic nitrogens is 5. The van der Waals surface area contributed by atoms with Gasteiger partial charge in [-0.2, -0.15) is 0 Å². The quantitative estimate of drug-likeness (QED) is 0.145. The second-order valence-electron chi connectivity index (χ2n) is 19.4. The Morgan fingerprint density at radius 3 is 1.22 bits per heavy atom. The van der Waals surface area contributed by atoms with Gasteiger partial charge >= 0.3 is 0 Å². The topological polar surface area (TPSA) is 43.8 Å². The molecule has 356 valence electrons. The Hall–Kier alpha value is -10.3. The van der Waals surface area contributed by atoms with Gasteiger partial charge in [0.2, 0.25) is 5.95 Å². The molecule has 0 fully saturated rings. The fourth-order valence-electron chi connectivity index (χ4n) is 11.6. The Bertz CT molecular complexity index is 4650. The van der Waals surface area contributed by atoms with Crippen molar-refractivity contribution in [1.29, 1.82) is 0 Å². The lowest BCUT2D eigenvalue weighted by atomic mass is 10.0. The highest BCUT2D eigenvalue weighted by Crippen LogP contribution is 2.42. The van der Waals surface area contributed by atoms with Crippen molar-refractivity contribution in [2.24, 2.45) is 0 Å². The van der Waals surface area contributed by atoms with Gasteiger partial charge < -0.3 is 14.0 Å². The third kappa shape index (κ3) is 7.11. The summed E-state index contributed by atoms with van der Waals surface area (Å²) in [5.41, 5.74) is 18.2. The van der Waals surface area contributed by atoms with Crippen molar-refractivity contribution >= 4 is 82.5 Å². The Labute approximate surface area is 438 Å². The Kier molecular flexibility index (Phi) is 10.1. The van der Waals surface area contributed by atoms with Gasteiger partial charge in [-0.05, 0) is 126 Å². The summed E-state index contributed by atoms with van der Waals surface area (Å²) in [7, 11) is 0. The van der Waals surface area contributed by atoms with Crippen LogP contribution in [-0.4, -0.2) is 23.7 Å². The largest absolute Gasteiger partial charge is 0.310 e. The van der Waals surface area contributed by atoms with E-state index in [2.05, 4.69) is 298 Å². The Morgan fingerprint density at radius 1 is 0.237 bits per heavy atom. The molecule has 11 aromatic carbocycles. The number of para-hydroxylation sites is 6. The van der Waals surface area contributed by atoms with Crippen LogP contribution in [0.1, 0.15) is 0 Å². The fraction of sp³-hybridized carbons (Fsp3) is 0. The van der Waals surface area contributed by atoms with Crippen LogP contribution >= 0.6 is 0 Å². The maximum Gasteiger partial charge on any atom is 0.235 e. The average Bonchev–Trinajstić information content (AvgIpc) is 4.13. The molecular formula is C70H46N6. The first-order valence-corrected chi connectivity index (χ1v) is 25.8. The van der Waals surface area contributed by atoms with Gasteiger partial charge in [-0.15, -0.1) is 0 Å². The zero-order valence-corrected chi connectivity index (χ0v) is 41.2. The van der Waals surface area contributed by atoms with Gasteiger partial charge in [0, 0.05) is 71.9 Å². The van der Waals surface area contributed by atoms with E-state index >= 15 is 0 Å². The minimum Gasteiger partial charge on any atom is -0.310 e. The highest BCUT2D eigenvalue weighted by atomic mass is 15.2. The maximum absolute atomic E-state index is 5.51. The van der Waals surface area contributed by atoms with Gasteiger partial charge in [0.25, 0.3) is 0 Å². The number of benzene rings is 11. The number of hydrogen-bond acceptors (Lipinski definition) is 3. The SMILES string of the molecule is c1ccc(-c2cc(-c3cccc(-n4c5ccccc5c5cc(N(c6ccccc6)c6ccccc6)ccc54)c3)nc(-n3c4ccccc4c4cc(-c5ccc6c(c5)c5ccccc5n6-c5ccccc5)ccc43)n2)cc1. The number of fused-ring (bicyclic) bond motifs is 9. The van der Waals surface area contributed by atoms with E-state index in [4.69, 9.17) is 9.97 Å². The van der Waals surface area contributed by atoms with E-state index in [0.717, 1.165) is 94.9 Å². The van der Waals surface area contributed by atoms with E-state index in [1.807, 2.05) is 0 Å². The highest BCUT2D eigenvalue weighted by Gasteiger charge is 2.21. The van der Waals surface area contributed by atoms with Crippen molar-refractivity contribution in [3.8, 4) is 51.0 Å². The second-order valence-corrected chi connectivity index (χ2v) is 19.4. The van der Waals surface area contributed by atoms with Crippen LogP contribution in [0.2, 0.25) is 0 Å². The molecule has 0 amide bonds. The summed E-state index contributed by atoms with van der Waals surface area (Å²) in [4.78, 5) is 13.2. The minimum absolute atomic E-state index is 0.613. The highest BCUT2D eigenvalue weighted by molar-refractivity contribution is 6.13. The molecule has 0 aliphatic heterocycles. The van der Waals surface area contributed by atoms with Crippen molar-refractivity contribution in [1.82, 2.24) is 23.7 Å². The third-order valence-electron chi connectivity index (χ3n) is 15.0. The van der Waals surface area contributed by atoms with Crippen LogP contribution in [0.4, 0.5) is 17.1 Å². The predicted octanol–water partition coefficient (Wildman–Crippen LogP) is 18.2. The van der Waals surface area contributed by atoms with Crippen LogP contribution < -0.4 is 4.90 Å². The van der Waals surface area contributed by atoms with Crippen molar-refractivity contribution in [2.45, 2.75) is 0 Å². The smallest absolute Gasteiger partial charge is 0.235 e. The zero-order valence-electron chi connectivity index (χ0n) is 41.2. The molecule has 0 bridgehead atoms. The van der Waals surface area contributed by atoms with Gasteiger partial charge in [0.1, 0.15) is 0 Å². The van der Waals surface area contributed by atoms with Gasteiger partial charge in [0.15, 0.2) is 0 Å². The molecule has 0 N–H and O–H groups in total. The molecule has 0 unspecified atom stereocenters. The summed E-state index contributed by atoms with van der Waals surface area (Å²) in [6.45, 7) is 0. The molecule has 0 saturated heterocycles. The minimum atomic E-state index is 0.613. The first-order chi connectivity index (χ1) is 37.7. The summed E-state index contributed by atoms with van der Waals surface area (Å²) in [6.07, 6.45) is 0. The number of hydrogen-bond donors (Lipinski definition) is 0. The molecule has 4 heterocycles. The van der Waals surface area contributed by atoms with Gasteiger partial charge in [-0.3, -0.25) is 4.57 Å². The first kappa shape index (κ1) is 43.3. The van der Waals surface area contributed by atoms with Gasteiger partial charge in [-0.1, -0.05) is 164 Å². The van der Waals surface area contributed by atoms with E-state index in [0.29, 0.717) is 5.95 Å². The molecular weight excluding hydrogens is 925 g/mol. The van der Waals surface area contributed by atoms with Gasteiger partial charge in [-0.25, -0.2) is 9.97 Å². The van der Waals surface area contributed by atoms with E-state index in [1.54, 1.807) is 0 Å². The third-order valence-corrected chi connectivity index (χ3v) is 15.0. The van der Waals surface area contributed by atoms with Crippen LogP contribution in [0, 0.1) is 0 Å². The summed E-state index contributed by atoms with van der Waals surface area (Å²) in [6, 6.07) is 99.8. The van der Waals surface area contributed by atoms with Crippen molar-refractivity contribution in [3.63, 3.8) is 0 Å². The normalized spacial score (nSPS) is 11.7. The number of rotatable bonds is 9. The molecule has 0 radical (unpaired) electrons. The Balaban J connectivity index is 0.868. The van der Waals surface area contributed by atoms with E-state index in [1.165, 1.54) is 32.6 Å². The predicted molar refractivity (Wildman–Crippen MR) is 316 cm³/mol. The second kappa shape index (κ2) is 17.7. The molecule has 0 aliphatic carbocycles. The van der Waals surface area contributed by atoms with Crippen LogP contribution in [0.15, 0.2) is 279 Å². The zero-order chi connectivity index (χ0) is 50.1. The summed E-state index contributed by atoms with van der Waals surface area (Å²) >= 11 is 0. The van der Waals surface area contributed by atoms with Crippen molar-refractivity contribution in [3.05, 3.63) is 279 Å². The molecule has 15 aromatic rings. The molecule has 15 rings (SSSR count). The van der Waals surface area contributed by atoms with Crippen LogP contribution in [-0.2, 0) is 0 Å². The molecule has 6 heteroatoms. The fourth-order valence-corrected chi connectivity index (χ4v) is 11.6. The molecule has 6 nitrogen and oxygen atoms in total. The maximum atomic E-state index is 5.51. The summed E-state index contributed by atoms with van der Waals surface area (Å²) in [5, 5.41) is 7.11. The van der Waals surface area contributed by atoms with Crippen LogP contribution in [0.5, 0.6) is 0 Å².